The molecule has 9 heteroatoms. The molecule has 1 saturated heterocycles. The Balaban J connectivity index is 1.64. The summed E-state index contributed by atoms with van der Waals surface area (Å²) >= 11 is 0. The minimum Gasteiger partial charge on any atom is -0.480 e. The van der Waals surface area contributed by atoms with Crippen molar-refractivity contribution in [2.24, 2.45) is 0 Å². The van der Waals surface area contributed by atoms with E-state index in [1.54, 1.807) is 13.3 Å². The fourth-order valence-electron chi connectivity index (χ4n) is 3.17. The third-order valence-electron chi connectivity index (χ3n) is 4.39. The van der Waals surface area contributed by atoms with E-state index in [9.17, 15) is 0 Å². The Hall–Kier alpha value is -2.81. The van der Waals surface area contributed by atoms with Crippen LogP contribution in [-0.2, 0) is 4.74 Å². The highest BCUT2D eigenvalue weighted by Crippen LogP contribution is 2.33. The number of hydrogen-bond donors (Lipinski definition) is 2. The third kappa shape index (κ3) is 3.05. The summed E-state index contributed by atoms with van der Waals surface area (Å²) in [6.45, 7) is 3.93. The van der Waals surface area contributed by atoms with Gasteiger partial charge in [0.15, 0.2) is 0 Å². The maximum absolute atomic E-state index is 5.64. The second kappa shape index (κ2) is 7.20. The van der Waals surface area contributed by atoms with Crippen molar-refractivity contribution in [2.45, 2.75) is 25.8 Å². The van der Waals surface area contributed by atoms with Crippen molar-refractivity contribution in [3.63, 3.8) is 0 Å². The van der Waals surface area contributed by atoms with Crippen molar-refractivity contribution in [1.82, 2.24) is 24.7 Å². The molecule has 1 aliphatic heterocycles. The zero-order valence-electron chi connectivity index (χ0n) is 14.9. The highest BCUT2D eigenvalue weighted by atomic mass is 16.5. The van der Waals surface area contributed by atoms with Gasteiger partial charge in [-0.2, -0.15) is 15.1 Å². The monoisotopic (exact) mass is 358 g/mol. The number of nitrogens with zero attached hydrogens (tertiary/aromatic N) is 4. The Morgan fingerprint density at radius 2 is 2.19 bits per heavy atom. The van der Waals surface area contributed by atoms with Crippen LogP contribution in [0.5, 0.6) is 11.8 Å². The second-order valence-electron chi connectivity index (χ2n) is 6.01. The van der Waals surface area contributed by atoms with Crippen molar-refractivity contribution < 1.29 is 14.2 Å². The van der Waals surface area contributed by atoms with Gasteiger partial charge in [0, 0.05) is 19.4 Å². The molecule has 26 heavy (non-hydrogen) atoms. The summed E-state index contributed by atoms with van der Waals surface area (Å²) in [6.07, 6.45) is 5.38. The van der Waals surface area contributed by atoms with E-state index in [0.717, 1.165) is 31.4 Å². The zero-order valence-corrected chi connectivity index (χ0v) is 14.9. The zero-order chi connectivity index (χ0) is 17.9. The Morgan fingerprint density at radius 1 is 1.35 bits per heavy atom. The van der Waals surface area contributed by atoms with Crippen LogP contribution in [0.4, 0.5) is 11.6 Å². The number of H-pyrrole nitrogens is 1. The number of rotatable bonds is 6. The van der Waals surface area contributed by atoms with Gasteiger partial charge in [0.05, 0.1) is 31.3 Å². The van der Waals surface area contributed by atoms with Crippen molar-refractivity contribution in [3.05, 3.63) is 18.5 Å². The SMILES string of the molecule is CCOc1nc(Nc2cnn(C3CCOCC3)c2OC)nc2[nH]ccc12. The van der Waals surface area contributed by atoms with Crippen LogP contribution in [0, 0.1) is 0 Å². The van der Waals surface area contributed by atoms with Crippen LogP contribution in [0.1, 0.15) is 25.8 Å². The van der Waals surface area contributed by atoms with E-state index in [1.807, 2.05) is 23.9 Å². The van der Waals surface area contributed by atoms with Crippen LogP contribution in [-0.4, -0.2) is 51.7 Å². The largest absolute Gasteiger partial charge is 0.480 e. The predicted molar refractivity (Wildman–Crippen MR) is 96.2 cm³/mol. The minimum atomic E-state index is 0.264. The van der Waals surface area contributed by atoms with E-state index in [0.29, 0.717) is 35.6 Å². The molecule has 0 aliphatic carbocycles. The molecular weight excluding hydrogens is 336 g/mol. The third-order valence-corrected chi connectivity index (χ3v) is 4.39. The average Bonchev–Trinajstić information content (AvgIpc) is 3.29. The van der Waals surface area contributed by atoms with Gasteiger partial charge in [0.25, 0.3) is 0 Å². The molecule has 0 aromatic carbocycles. The van der Waals surface area contributed by atoms with Gasteiger partial charge in [-0.05, 0) is 25.8 Å². The Labute approximate surface area is 150 Å². The van der Waals surface area contributed by atoms with Crippen LogP contribution in [0.25, 0.3) is 11.0 Å². The molecule has 1 aliphatic rings. The van der Waals surface area contributed by atoms with Gasteiger partial charge in [-0.3, -0.25) is 0 Å². The fraction of sp³-hybridized carbons (Fsp3) is 0.471. The predicted octanol–water partition coefficient (Wildman–Crippen LogP) is 2.66. The first-order chi connectivity index (χ1) is 12.8. The molecule has 2 N–H and O–H groups in total. The Bertz CT molecular complexity index is 884. The number of fused-ring (bicyclic) bond motifs is 1. The molecule has 4 rings (SSSR count). The molecule has 3 aromatic heterocycles. The van der Waals surface area contributed by atoms with Gasteiger partial charge in [-0.25, -0.2) is 4.68 Å². The van der Waals surface area contributed by atoms with E-state index in [2.05, 4.69) is 25.4 Å². The lowest BCUT2D eigenvalue weighted by molar-refractivity contribution is 0.0638. The Morgan fingerprint density at radius 3 is 2.96 bits per heavy atom. The summed E-state index contributed by atoms with van der Waals surface area (Å²) < 4.78 is 18.6. The van der Waals surface area contributed by atoms with Crippen molar-refractivity contribution in [3.8, 4) is 11.8 Å². The molecule has 4 heterocycles. The smallest absolute Gasteiger partial charge is 0.236 e. The first-order valence-corrected chi connectivity index (χ1v) is 8.74. The summed E-state index contributed by atoms with van der Waals surface area (Å²) in [7, 11) is 1.64. The molecule has 3 aromatic rings. The number of ether oxygens (including phenoxy) is 3. The maximum Gasteiger partial charge on any atom is 0.236 e. The van der Waals surface area contributed by atoms with Crippen LogP contribution >= 0.6 is 0 Å². The lowest BCUT2D eigenvalue weighted by atomic mass is 10.1. The van der Waals surface area contributed by atoms with E-state index in [4.69, 9.17) is 14.2 Å². The van der Waals surface area contributed by atoms with Gasteiger partial charge < -0.3 is 24.5 Å². The molecule has 9 nitrogen and oxygen atoms in total. The van der Waals surface area contributed by atoms with Crippen molar-refractivity contribution in [2.75, 3.05) is 32.2 Å². The topological polar surface area (TPSA) is 99.1 Å². The van der Waals surface area contributed by atoms with Crippen LogP contribution in [0.2, 0.25) is 0 Å². The molecule has 0 unspecified atom stereocenters. The molecule has 0 bridgehead atoms. The lowest BCUT2D eigenvalue weighted by Crippen LogP contribution is -2.21. The molecule has 0 radical (unpaired) electrons. The molecule has 1 fully saturated rings. The summed E-state index contributed by atoms with van der Waals surface area (Å²) in [5, 5.41) is 8.55. The van der Waals surface area contributed by atoms with Crippen LogP contribution < -0.4 is 14.8 Å². The molecule has 138 valence electrons. The van der Waals surface area contributed by atoms with E-state index >= 15 is 0 Å². The van der Waals surface area contributed by atoms with Gasteiger partial charge in [0.1, 0.15) is 11.3 Å². The van der Waals surface area contributed by atoms with Gasteiger partial charge in [0.2, 0.25) is 17.7 Å². The molecule has 0 spiro atoms. The first kappa shape index (κ1) is 16.6. The van der Waals surface area contributed by atoms with Gasteiger partial charge in [-0.15, -0.1) is 0 Å². The first-order valence-electron chi connectivity index (χ1n) is 8.74. The molecular formula is C17H22N6O3. The van der Waals surface area contributed by atoms with Gasteiger partial charge >= 0.3 is 0 Å². The highest BCUT2D eigenvalue weighted by Gasteiger charge is 2.23. The van der Waals surface area contributed by atoms with E-state index < -0.39 is 0 Å². The van der Waals surface area contributed by atoms with Crippen molar-refractivity contribution in [1.29, 1.82) is 0 Å². The average molecular weight is 358 g/mol. The fourth-order valence-corrected chi connectivity index (χ4v) is 3.17. The summed E-state index contributed by atoms with van der Waals surface area (Å²) in [6, 6.07) is 2.16. The van der Waals surface area contributed by atoms with Crippen LogP contribution in [0.15, 0.2) is 18.5 Å². The molecule has 0 atom stereocenters. The minimum absolute atomic E-state index is 0.264. The summed E-state index contributed by atoms with van der Waals surface area (Å²) in [5.74, 6) is 1.62. The quantitative estimate of drug-likeness (QED) is 0.699. The highest BCUT2D eigenvalue weighted by molar-refractivity contribution is 5.82. The number of methoxy groups -OCH3 is 1. The van der Waals surface area contributed by atoms with E-state index in [-0.39, 0.29) is 6.04 Å². The van der Waals surface area contributed by atoms with Crippen molar-refractivity contribution >= 4 is 22.7 Å². The summed E-state index contributed by atoms with van der Waals surface area (Å²) in [4.78, 5) is 12.1. The number of anilines is 2. The second-order valence-corrected chi connectivity index (χ2v) is 6.01. The lowest BCUT2D eigenvalue weighted by Gasteiger charge is -2.23. The number of aromatic nitrogens is 5. The number of hydrogen-bond acceptors (Lipinski definition) is 7. The Kier molecular flexibility index (Phi) is 4.61. The molecule has 0 amide bonds. The standard InChI is InChI=1S/C17H22N6O3/c1-3-26-15-12-4-7-18-14(12)21-17(22-15)20-13-10-19-23(16(13)24-2)11-5-8-25-9-6-11/h4,7,10-11H,3,5-6,8-9H2,1-2H3,(H2,18,20,21,22). The molecule has 0 saturated carbocycles. The summed E-state index contributed by atoms with van der Waals surface area (Å²) in [5.41, 5.74) is 1.43. The number of nitrogens with one attached hydrogen (secondary N) is 2. The van der Waals surface area contributed by atoms with Crippen LogP contribution in [0.3, 0.4) is 0 Å². The normalized spacial score (nSPS) is 15.3. The maximum atomic E-state index is 5.64. The number of aromatic amines is 1. The van der Waals surface area contributed by atoms with E-state index in [1.165, 1.54) is 0 Å². The van der Waals surface area contributed by atoms with Gasteiger partial charge in [-0.1, -0.05) is 0 Å².